The number of halogens is 6. The molecule has 1 N–H and O–H groups in total. The molecule has 0 aliphatic carbocycles. The number of likely N-dealkylation sites (N-methyl/N-ethyl adjacent to an activating group) is 1. The largest absolute Gasteiger partial charge is 0.416 e. The van der Waals surface area contributed by atoms with Crippen LogP contribution >= 0.6 is 0 Å². The summed E-state index contributed by atoms with van der Waals surface area (Å²) >= 11 is 0. The quantitative estimate of drug-likeness (QED) is 0.567. The van der Waals surface area contributed by atoms with Gasteiger partial charge in [0, 0.05) is 0 Å². The molecule has 3 rings (SSSR count). The molecule has 6 nitrogen and oxygen atoms in total. The van der Waals surface area contributed by atoms with Crippen molar-refractivity contribution < 1.29 is 40.7 Å². The van der Waals surface area contributed by atoms with E-state index in [4.69, 9.17) is 4.74 Å². The first-order chi connectivity index (χ1) is 16.8. The first-order valence-electron chi connectivity index (χ1n) is 10.9. The lowest BCUT2D eigenvalue weighted by Gasteiger charge is -2.42. The van der Waals surface area contributed by atoms with E-state index in [1.54, 1.807) is 49.3 Å². The predicted molar refractivity (Wildman–Crippen MR) is 117 cm³/mol. The van der Waals surface area contributed by atoms with Crippen molar-refractivity contribution in [3.8, 4) is 0 Å². The number of benzene rings is 2. The van der Waals surface area contributed by atoms with Gasteiger partial charge in [0.2, 0.25) is 11.8 Å². The minimum Gasteiger partial charge on any atom is -0.375 e. The molecule has 2 aromatic carbocycles. The van der Waals surface area contributed by atoms with Gasteiger partial charge in [-0.15, -0.1) is 0 Å². The number of rotatable bonds is 7. The van der Waals surface area contributed by atoms with Crippen molar-refractivity contribution in [3.05, 3.63) is 70.8 Å². The first-order valence-corrected chi connectivity index (χ1v) is 10.9. The fourth-order valence-electron chi connectivity index (χ4n) is 4.01. The zero-order chi connectivity index (χ0) is 26.7. The highest BCUT2D eigenvalue weighted by molar-refractivity contribution is 5.87. The second kappa shape index (κ2) is 10.9. The van der Waals surface area contributed by atoms with Gasteiger partial charge in [-0.05, 0) is 43.4 Å². The zero-order valence-corrected chi connectivity index (χ0v) is 19.5. The Labute approximate surface area is 203 Å². The van der Waals surface area contributed by atoms with Crippen LogP contribution in [0.2, 0.25) is 0 Å². The Hall–Kier alpha value is -3.12. The zero-order valence-electron chi connectivity index (χ0n) is 19.5. The van der Waals surface area contributed by atoms with Crippen molar-refractivity contribution in [2.75, 3.05) is 33.8 Å². The van der Waals surface area contributed by atoms with Crippen LogP contribution in [0.3, 0.4) is 0 Å². The molecular weight excluding hydrogens is 492 g/mol. The SMILES string of the molecule is CN(C)CC(=O)N1CC(=O)N[C@H](COCc2cc(C(F)(F)F)cc(C(F)(F)F)c2)[C@@H]1c1ccccc1. The molecule has 0 saturated carbocycles. The average Bonchev–Trinajstić information content (AvgIpc) is 2.77. The third-order valence-electron chi connectivity index (χ3n) is 5.50. The van der Waals surface area contributed by atoms with Gasteiger partial charge >= 0.3 is 12.4 Å². The molecule has 1 aliphatic rings. The third-order valence-corrected chi connectivity index (χ3v) is 5.50. The monoisotopic (exact) mass is 517 g/mol. The molecule has 0 spiro atoms. The second-order valence-electron chi connectivity index (χ2n) is 8.72. The number of amides is 2. The molecule has 36 heavy (non-hydrogen) atoms. The van der Waals surface area contributed by atoms with Gasteiger partial charge in [-0.25, -0.2) is 0 Å². The summed E-state index contributed by atoms with van der Waals surface area (Å²) in [6.07, 6.45) is -9.95. The summed E-state index contributed by atoms with van der Waals surface area (Å²) in [6.45, 7) is -0.985. The second-order valence-corrected chi connectivity index (χ2v) is 8.72. The highest BCUT2D eigenvalue weighted by Crippen LogP contribution is 2.36. The number of nitrogens with zero attached hydrogens (tertiary/aromatic N) is 2. The molecule has 2 aromatic rings. The summed E-state index contributed by atoms with van der Waals surface area (Å²) < 4.78 is 84.4. The van der Waals surface area contributed by atoms with Crippen LogP contribution in [-0.2, 0) is 33.3 Å². The fraction of sp³-hybridized carbons (Fsp3) is 0.417. The van der Waals surface area contributed by atoms with Gasteiger partial charge in [0.1, 0.15) is 6.54 Å². The van der Waals surface area contributed by atoms with Crippen LogP contribution in [0.1, 0.15) is 28.3 Å². The topological polar surface area (TPSA) is 61.9 Å². The van der Waals surface area contributed by atoms with Crippen molar-refractivity contribution in [3.63, 3.8) is 0 Å². The molecule has 2 atom stereocenters. The number of carbonyl (C=O) groups is 2. The van der Waals surface area contributed by atoms with E-state index in [2.05, 4.69) is 5.32 Å². The average molecular weight is 517 g/mol. The van der Waals surface area contributed by atoms with Crippen molar-refractivity contribution in [2.45, 2.75) is 31.0 Å². The van der Waals surface area contributed by atoms with Crippen molar-refractivity contribution >= 4 is 11.8 Å². The Balaban J connectivity index is 1.84. The minimum atomic E-state index is -4.97. The van der Waals surface area contributed by atoms with E-state index in [-0.39, 0.29) is 37.2 Å². The Morgan fingerprint density at radius 3 is 2.14 bits per heavy atom. The molecule has 0 radical (unpaired) electrons. The van der Waals surface area contributed by atoms with E-state index in [1.807, 2.05) is 0 Å². The third kappa shape index (κ3) is 6.97. The van der Waals surface area contributed by atoms with E-state index in [9.17, 15) is 35.9 Å². The molecule has 1 heterocycles. The van der Waals surface area contributed by atoms with Gasteiger partial charge in [0.05, 0.1) is 43.0 Å². The normalized spacial score (nSPS) is 18.9. The van der Waals surface area contributed by atoms with Gasteiger partial charge in [-0.3, -0.25) is 9.59 Å². The van der Waals surface area contributed by atoms with Gasteiger partial charge in [-0.1, -0.05) is 30.3 Å². The van der Waals surface area contributed by atoms with Gasteiger partial charge in [-0.2, -0.15) is 26.3 Å². The summed E-state index contributed by atoms with van der Waals surface area (Å²) in [6, 6.07) is 8.59. The number of hydrogen-bond acceptors (Lipinski definition) is 4. The lowest BCUT2D eigenvalue weighted by atomic mass is 9.95. The molecule has 0 aromatic heterocycles. The van der Waals surface area contributed by atoms with Crippen LogP contribution in [0.4, 0.5) is 26.3 Å². The lowest BCUT2D eigenvalue weighted by Crippen LogP contribution is -2.60. The number of carbonyl (C=O) groups excluding carboxylic acids is 2. The van der Waals surface area contributed by atoms with Gasteiger partial charge in [0.25, 0.3) is 0 Å². The van der Waals surface area contributed by atoms with Crippen LogP contribution in [0.15, 0.2) is 48.5 Å². The molecule has 1 saturated heterocycles. The predicted octanol–water partition coefficient (Wildman–Crippen LogP) is 3.87. The van der Waals surface area contributed by atoms with E-state index >= 15 is 0 Å². The standard InChI is InChI=1S/C24H25F6N3O3/c1-32(2)12-21(35)33-11-20(34)31-19(22(33)16-6-4-3-5-7-16)14-36-13-15-8-17(23(25,26)27)10-18(9-15)24(28,29)30/h3-10,19,22H,11-14H2,1-2H3,(H,31,34)/t19-,22+/m1/s1. The maximum atomic E-state index is 13.1. The number of hydrogen-bond donors (Lipinski definition) is 1. The molecule has 12 heteroatoms. The molecule has 0 bridgehead atoms. The van der Waals surface area contributed by atoms with E-state index in [0.717, 1.165) is 0 Å². The van der Waals surface area contributed by atoms with Gasteiger partial charge in [0.15, 0.2) is 0 Å². The highest BCUT2D eigenvalue weighted by Gasteiger charge is 2.39. The maximum absolute atomic E-state index is 13.1. The van der Waals surface area contributed by atoms with Crippen molar-refractivity contribution in [1.29, 1.82) is 0 Å². The molecule has 1 aliphatic heterocycles. The van der Waals surface area contributed by atoms with Crippen molar-refractivity contribution in [1.82, 2.24) is 15.1 Å². The van der Waals surface area contributed by atoms with Crippen molar-refractivity contribution in [2.24, 2.45) is 0 Å². The number of ether oxygens (including phenoxy) is 1. The van der Waals surface area contributed by atoms with Gasteiger partial charge < -0.3 is 19.9 Å². The van der Waals surface area contributed by atoms with E-state index < -0.39 is 48.1 Å². The van der Waals surface area contributed by atoms with E-state index in [0.29, 0.717) is 17.7 Å². The number of nitrogens with one attached hydrogen (secondary N) is 1. The molecular formula is C24H25F6N3O3. The summed E-state index contributed by atoms with van der Waals surface area (Å²) in [4.78, 5) is 28.3. The molecule has 196 valence electrons. The summed E-state index contributed by atoms with van der Waals surface area (Å²) in [7, 11) is 3.40. The Kier molecular flexibility index (Phi) is 8.29. The maximum Gasteiger partial charge on any atom is 0.416 e. The Morgan fingerprint density at radius 2 is 1.61 bits per heavy atom. The van der Waals surface area contributed by atoms with Crippen LogP contribution in [0.25, 0.3) is 0 Å². The van der Waals surface area contributed by atoms with E-state index in [1.165, 1.54) is 4.90 Å². The Bertz CT molecular complexity index is 1040. The highest BCUT2D eigenvalue weighted by atomic mass is 19.4. The number of piperazine rings is 1. The fourth-order valence-corrected chi connectivity index (χ4v) is 4.01. The van der Waals surface area contributed by atoms with Crippen LogP contribution in [-0.4, -0.2) is 61.4 Å². The summed E-state index contributed by atoms with van der Waals surface area (Å²) in [5, 5.41) is 2.73. The number of alkyl halides is 6. The minimum absolute atomic E-state index is 0.0364. The lowest BCUT2D eigenvalue weighted by molar-refractivity contribution is -0.145. The molecule has 1 fully saturated rings. The smallest absolute Gasteiger partial charge is 0.375 e. The summed E-state index contributed by atoms with van der Waals surface area (Å²) in [5.74, 6) is -0.775. The molecule has 2 amide bonds. The summed E-state index contributed by atoms with van der Waals surface area (Å²) in [5.41, 5.74) is -2.51. The first kappa shape index (κ1) is 27.5. The molecule has 0 unspecified atom stereocenters. The van der Waals surface area contributed by atoms with Crippen LogP contribution in [0.5, 0.6) is 0 Å². The van der Waals surface area contributed by atoms with Crippen LogP contribution in [0, 0.1) is 0 Å². The Morgan fingerprint density at radius 1 is 1.03 bits per heavy atom. The van der Waals surface area contributed by atoms with Crippen LogP contribution < -0.4 is 5.32 Å².